The van der Waals surface area contributed by atoms with Crippen molar-refractivity contribution in [2.45, 2.75) is 64.3 Å². The van der Waals surface area contributed by atoms with Gasteiger partial charge in [-0.3, -0.25) is 4.79 Å². The number of aliphatic hydroxyl groups is 2. The fourth-order valence-corrected chi connectivity index (χ4v) is 5.56. The van der Waals surface area contributed by atoms with Crippen LogP contribution in [0.2, 0.25) is 0 Å². The summed E-state index contributed by atoms with van der Waals surface area (Å²) in [4.78, 5) is 25.1. The molecule has 4 rings (SSSR count). The van der Waals surface area contributed by atoms with Crippen LogP contribution in [0.4, 0.5) is 8.78 Å². The van der Waals surface area contributed by atoms with Gasteiger partial charge in [0, 0.05) is 41.8 Å². The number of benzene rings is 3. The first-order valence-electron chi connectivity index (χ1n) is 14.7. The Morgan fingerprint density at radius 1 is 0.913 bits per heavy atom. The molecule has 11 heteroatoms. The molecule has 1 amide bonds. The molecule has 3 aromatic carbocycles. The van der Waals surface area contributed by atoms with Gasteiger partial charge in [0.1, 0.15) is 23.1 Å². The zero-order chi connectivity index (χ0) is 32.7. The molecule has 0 aliphatic heterocycles. The summed E-state index contributed by atoms with van der Waals surface area (Å²) in [6.07, 6.45) is -2.78. The maximum Gasteiger partial charge on any atom is 1.00 e. The number of aliphatic carboxylic acids is 1. The molecule has 0 bridgehead atoms. The summed E-state index contributed by atoms with van der Waals surface area (Å²) in [5.74, 6) is -2.07. The van der Waals surface area contributed by atoms with E-state index in [4.69, 9.17) is 4.74 Å². The molecule has 0 aliphatic rings. The third-order valence-electron chi connectivity index (χ3n) is 7.55. The summed E-state index contributed by atoms with van der Waals surface area (Å²) in [6.45, 7) is 4.01. The van der Waals surface area contributed by atoms with E-state index in [2.05, 4.69) is 5.32 Å². The standard InChI is InChI=1S/C35H38F2N2O6.Na/c1-21(2)39-30(16-15-27(40)18-28(41)19-31(42)43)32(23-7-11-25(36)12-8-23)33(24-9-13-26(37)14-10-24)34(39)35(44)38-20-22-5-4-6-29(17-22)45-3;/h4-14,17,21,27-28,40-41H,15-16,18-20H2,1-3H3,(H,38,44)(H,42,43);/q;+1/p-1/t27-,28-;/m1./s1. The normalized spacial score (nSPS) is 12.3. The summed E-state index contributed by atoms with van der Waals surface area (Å²) in [5.41, 5.74) is 4.08. The van der Waals surface area contributed by atoms with E-state index in [9.17, 15) is 33.7 Å². The van der Waals surface area contributed by atoms with E-state index < -0.39 is 42.1 Å². The van der Waals surface area contributed by atoms with Crippen molar-refractivity contribution in [3.8, 4) is 28.0 Å². The molecule has 4 aromatic rings. The van der Waals surface area contributed by atoms with Crippen LogP contribution in [0.1, 0.15) is 60.9 Å². The van der Waals surface area contributed by atoms with Gasteiger partial charge >= 0.3 is 29.6 Å². The van der Waals surface area contributed by atoms with Crippen molar-refractivity contribution in [3.05, 3.63) is 101 Å². The number of nitrogens with one attached hydrogen (secondary N) is 1. The van der Waals surface area contributed by atoms with Gasteiger partial charge in [-0.2, -0.15) is 0 Å². The Bertz CT molecular complexity index is 1620. The Labute approximate surface area is 289 Å². The van der Waals surface area contributed by atoms with Gasteiger partial charge < -0.3 is 34.7 Å². The third kappa shape index (κ3) is 9.27. The molecule has 1 heterocycles. The number of carboxylic acid groups (broad SMARTS) is 1. The van der Waals surface area contributed by atoms with E-state index in [1.807, 2.05) is 36.6 Å². The first-order valence-corrected chi connectivity index (χ1v) is 14.7. The van der Waals surface area contributed by atoms with Crippen LogP contribution in [0, 0.1) is 11.6 Å². The Hall–Kier alpha value is -3.54. The van der Waals surface area contributed by atoms with Crippen molar-refractivity contribution in [2.24, 2.45) is 0 Å². The number of aliphatic hydroxyl groups excluding tert-OH is 2. The summed E-state index contributed by atoms with van der Waals surface area (Å²) in [7, 11) is 1.56. The van der Waals surface area contributed by atoms with Gasteiger partial charge in [0.25, 0.3) is 5.91 Å². The van der Waals surface area contributed by atoms with Crippen LogP contribution in [0.5, 0.6) is 5.75 Å². The van der Waals surface area contributed by atoms with Crippen LogP contribution < -0.4 is 44.7 Å². The number of halogens is 2. The second-order valence-electron chi connectivity index (χ2n) is 11.2. The van der Waals surface area contributed by atoms with Crippen molar-refractivity contribution in [2.75, 3.05) is 7.11 Å². The zero-order valence-electron chi connectivity index (χ0n) is 26.4. The van der Waals surface area contributed by atoms with Gasteiger partial charge in [0.05, 0.1) is 19.3 Å². The molecule has 3 N–H and O–H groups in total. The average Bonchev–Trinajstić information content (AvgIpc) is 3.34. The SMILES string of the molecule is COc1cccc(CNC(=O)c2c(-c3ccc(F)cc3)c(-c3ccc(F)cc3)c(CC[C@@H](O)C[C@@H](O)CC(=O)[O-])n2C(C)C)c1.[Na+]. The predicted molar refractivity (Wildman–Crippen MR) is 164 cm³/mol. The number of amides is 1. The van der Waals surface area contributed by atoms with Crippen LogP contribution >= 0.6 is 0 Å². The fourth-order valence-electron chi connectivity index (χ4n) is 5.56. The Kier molecular flexibility index (Phi) is 13.5. The molecule has 1 aromatic heterocycles. The quantitative estimate of drug-likeness (QED) is 0.181. The minimum Gasteiger partial charge on any atom is -0.550 e. The Morgan fingerprint density at radius 2 is 1.50 bits per heavy atom. The number of carbonyl (C=O) groups excluding carboxylic acids is 2. The molecule has 0 unspecified atom stereocenters. The number of rotatable bonds is 14. The molecule has 0 spiro atoms. The minimum atomic E-state index is -1.42. The molecule has 0 fully saturated rings. The molecule has 0 aliphatic carbocycles. The molecule has 0 saturated heterocycles. The van der Waals surface area contributed by atoms with Crippen molar-refractivity contribution in [1.29, 1.82) is 0 Å². The number of nitrogens with zero attached hydrogens (tertiary/aromatic N) is 1. The smallest absolute Gasteiger partial charge is 0.550 e. The monoisotopic (exact) mass is 642 g/mol. The van der Waals surface area contributed by atoms with Gasteiger partial charge in [-0.1, -0.05) is 36.4 Å². The van der Waals surface area contributed by atoms with E-state index in [1.165, 1.54) is 24.3 Å². The maximum atomic E-state index is 14.2. The zero-order valence-corrected chi connectivity index (χ0v) is 28.4. The molecular formula is C35H37F2N2NaO6. The first-order chi connectivity index (χ1) is 21.5. The number of carboxylic acids is 1. The van der Waals surface area contributed by atoms with Crippen LogP contribution in [0.3, 0.4) is 0 Å². The van der Waals surface area contributed by atoms with Crippen molar-refractivity contribution in [3.63, 3.8) is 0 Å². The molecule has 0 radical (unpaired) electrons. The van der Waals surface area contributed by atoms with Gasteiger partial charge in [0.15, 0.2) is 0 Å². The van der Waals surface area contributed by atoms with Crippen LogP contribution in [0.25, 0.3) is 22.3 Å². The van der Waals surface area contributed by atoms with Crippen molar-refractivity contribution < 1.29 is 68.0 Å². The summed E-state index contributed by atoms with van der Waals surface area (Å²) in [6, 6.07) is 18.6. The number of hydrogen-bond donors (Lipinski definition) is 3. The topological polar surface area (TPSA) is 124 Å². The van der Waals surface area contributed by atoms with Crippen LogP contribution in [0.15, 0.2) is 72.8 Å². The molecule has 46 heavy (non-hydrogen) atoms. The number of carbonyl (C=O) groups is 2. The molecule has 2 atom stereocenters. The van der Waals surface area contributed by atoms with E-state index in [-0.39, 0.29) is 61.4 Å². The molecule has 0 saturated carbocycles. The first kappa shape index (κ1) is 36.9. The Morgan fingerprint density at radius 3 is 2.04 bits per heavy atom. The Balaban J connectivity index is 0.00000576. The second kappa shape index (κ2) is 16.9. The van der Waals surface area contributed by atoms with E-state index in [0.717, 1.165) is 5.56 Å². The number of ether oxygens (including phenoxy) is 1. The van der Waals surface area contributed by atoms with Gasteiger partial charge in [-0.05, 0) is 86.2 Å². The summed E-state index contributed by atoms with van der Waals surface area (Å²) >= 11 is 0. The van der Waals surface area contributed by atoms with Crippen LogP contribution in [-0.4, -0.2) is 46.0 Å². The van der Waals surface area contributed by atoms with Crippen molar-refractivity contribution >= 4 is 11.9 Å². The van der Waals surface area contributed by atoms with Crippen molar-refractivity contribution in [1.82, 2.24) is 9.88 Å². The maximum absolute atomic E-state index is 14.2. The average molecular weight is 643 g/mol. The van der Waals surface area contributed by atoms with Gasteiger partial charge in [0.2, 0.25) is 0 Å². The summed E-state index contributed by atoms with van der Waals surface area (Å²) < 4.78 is 35.3. The third-order valence-corrected chi connectivity index (χ3v) is 7.55. The second-order valence-corrected chi connectivity index (χ2v) is 11.2. The molecular weight excluding hydrogens is 605 g/mol. The summed E-state index contributed by atoms with van der Waals surface area (Å²) in [5, 5.41) is 34.7. The molecule has 238 valence electrons. The van der Waals surface area contributed by atoms with Gasteiger partial charge in [-0.25, -0.2) is 8.78 Å². The number of methoxy groups -OCH3 is 1. The van der Waals surface area contributed by atoms with E-state index in [1.54, 1.807) is 37.4 Å². The number of aromatic nitrogens is 1. The number of hydrogen-bond acceptors (Lipinski definition) is 6. The predicted octanol–water partition coefficient (Wildman–Crippen LogP) is 1.81. The fraction of sp³-hybridized carbons (Fsp3) is 0.314. The van der Waals surface area contributed by atoms with Crippen LogP contribution in [-0.2, 0) is 17.8 Å². The molecule has 8 nitrogen and oxygen atoms in total. The minimum absolute atomic E-state index is 0. The van der Waals surface area contributed by atoms with E-state index >= 15 is 0 Å². The largest absolute Gasteiger partial charge is 1.00 e. The van der Waals surface area contributed by atoms with Gasteiger partial charge in [-0.15, -0.1) is 0 Å². The van der Waals surface area contributed by atoms with E-state index in [0.29, 0.717) is 39.4 Å².